The van der Waals surface area contributed by atoms with Crippen molar-refractivity contribution in [2.45, 2.75) is 53.1 Å². The molecule has 0 aromatic heterocycles. The Bertz CT molecular complexity index is 271. The fourth-order valence-electron chi connectivity index (χ4n) is 2.21. The summed E-state index contributed by atoms with van der Waals surface area (Å²) in [6.45, 7) is 9.78. The first kappa shape index (κ1) is 17.0. The zero-order chi connectivity index (χ0) is 14.2. The summed E-state index contributed by atoms with van der Waals surface area (Å²) >= 11 is 0. The van der Waals surface area contributed by atoms with Gasteiger partial charge in [0.05, 0.1) is 12.7 Å². The Morgan fingerprint density at radius 1 is 1.44 bits per heavy atom. The van der Waals surface area contributed by atoms with Crippen molar-refractivity contribution in [3.8, 4) is 12.8 Å². The number of ether oxygens (including phenoxy) is 1. The molecule has 0 heterocycles. The maximum Gasteiger partial charge on any atom is 0.216 e. The van der Waals surface area contributed by atoms with Crippen LogP contribution in [0.1, 0.15) is 47.0 Å². The number of carbonyl (C=O) groups is 1. The zero-order valence-corrected chi connectivity index (χ0v) is 12.2. The molecule has 1 unspecified atom stereocenters. The largest absolute Gasteiger partial charge is 0.376 e. The molecule has 0 aromatic rings. The lowest BCUT2D eigenvalue weighted by molar-refractivity contribution is -0.119. The van der Waals surface area contributed by atoms with Gasteiger partial charge in [0.2, 0.25) is 5.91 Å². The van der Waals surface area contributed by atoms with E-state index in [9.17, 15) is 4.79 Å². The number of carbonyl (C=O) groups excluding carboxylic acids is 1. The second kappa shape index (κ2) is 8.16. The normalized spacial score (nSPS) is 25.7. The Morgan fingerprint density at radius 2 is 2.06 bits per heavy atom. The van der Waals surface area contributed by atoms with Gasteiger partial charge in [0, 0.05) is 13.5 Å². The smallest absolute Gasteiger partial charge is 0.216 e. The highest BCUT2D eigenvalue weighted by Crippen LogP contribution is 2.40. The van der Waals surface area contributed by atoms with E-state index in [1.165, 1.54) is 13.3 Å². The average Bonchev–Trinajstić information content (AvgIpc) is 2.32. The predicted molar refractivity (Wildman–Crippen MR) is 75.1 cm³/mol. The summed E-state index contributed by atoms with van der Waals surface area (Å²) in [6.07, 6.45) is 11.9. The van der Waals surface area contributed by atoms with Crippen LogP contribution in [0, 0.1) is 24.2 Å². The van der Waals surface area contributed by atoms with E-state index in [-0.39, 0.29) is 5.91 Å². The molecule has 1 amide bonds. The monoisotopic (exact) mass is 253 g/mol. The van der Waals surface area contributed by atoms with E-state index in [1.807, 2.05) is 0 Å². The van der Waals surface area contributed by atoms with Crippen LogP contribution >= 0.6 is 0 Å². The molecule has 0 spiro atoms. The minimum absolute atomic E-state index is 0.0155. The molecule has 18 heavy (non-hydrogen) atoms. The van der Waals surface area contributed by atoms with Crippen molar-refractivity contribution in [2.24, 2.45) is 11.3 Å². The number of nitrogens with one attached hydrogen (secondary N) is 1. The molecule has 1 rings (SSSR count). The van der Waals surface area contributed by atoms with E-state index in [0.29, 0.717) is 30.6 Å². The first-order chi connectivity index (χ1) is 8.42. The molecule has 0 saturated heterocycles. The first-order valence-electron chi connectivity index (χ1n) is 6.61. The second-order valence-electron chi connectivity index (χ2n) is 5.64. The molecule has 3 nitrogen and oxygen atoms in total. The molecular formula is C15H27NO2. The van der Waals surface area contributed by atoms with Gasteiger partial charge in [-0.3, -0.25) is 4.79 Å². The Morgan fingerprint density at radius 3 is 2.56 bits per heavy atom. The molecule has 1 aliphatic carbocycles. The van der Waals surface area contributed by atoms with Crippen molar-refractivity contribution in [2.75, 3.05) is 13.2 Å². The minimum Gasteiger partial charge on any atom is -0.376 e. The highest BCUT2D eigenvalue weighted by molar-refractivity contribution is 5.72. The first-order valence-corrected chi connectivity index (χ1v) is 6.61. The Hall–Kier alpha value is -1.01. The highest BCUT2D eigenvalue weighted by atomic mass is 16.5. The zero-order valence-electron chi connectivity index (χ0n) is 12.2. The third-order valence-corrected chi connectivity index (χ3v) is 3.89. The predicted octanol–water partition coefficient (Wildman–Crippen LogP) is 2.60. The summed E-state index contributed by atoms with van der Waals surface area (Å²) < 4.78 is 5.78. The van der Waals surface area contributed by atoms with E-state index < -0.39 is 0 Å². The van der Waals surface area contributed by atoms with Gasteiger partial charge in [0.15, 0.2) is 0 Å². The van der Waals surface area contributed by atoms with Crippen LogP contribution in [-0.4, -0.2) is 25.2 Å². The molecule has 1 aliphatic rings. The van der Waals surface area contributed by atoms with Crippen molar-refractivity contribution >= 4 is 5.91 Å². The van der Waals surface area contributed by atoms with E-state index in [1.54, 1.807) is 0 Å². The minimum atomic E-state index is 0.0155. The van der Waals surface area contributed by atoms with Crippen LogP contribution in [0.15, 0.2) is 0 Å². The number of hydrogen-bond donors (Lipinski definition) is 1. The van der Waals surface area contributed by atoms with Crippen molar-refractivity contribution in [3.05, 3.63) is 0 Å². The van der Waals surface area contributed by atoms with Gasteiger partial charge in [-0.1, -0.05) is 20.8 Å². The summed E-state index contributed by atoms with van der Waals surface area (Å²) in [5.41, 5.74) is 0.456. The van der Waals surface area contributed by atoms with Crippen LogP contribution in [0.4, 0.5) is 0 Å². The summed E-state index contributed by atoms with van der Waals surface area (Å²) in [4.78, 5) is 10.7. The average molecular weight is 253 g/mol. The molecule has 0 radical (unpaired) electrons. The number of amides is 1. The topological polar surface area (TPSA) is 38.3 Å². The van der Waals surface area contributed by atoms with Crippen LogP contribution in [-0.2, 0) is 9.53 Å². The lowest BCUT2D eigenvalue weighted by Gasteiger charge is -2.40. The molecule has 1 saturated carbocycles. The third-order valence-electron chi connectivity index (χ3n) is 3.89. The number of rotatable bonds is 4. The van der Waals surface area contributed by atoms with Crippen LogP contribution in [0.3, 0.4) is 0 Å². The molecule has 1 fully saturated rings. The maximum atomic E-state index is 10.7. The van der Waals surface area contributed by atoms with Gasteiger partial charge in [-0.2, -0.15) is 0 Å². The van der Waals surface area contributed by atoms with Crippen LogP contribution in [0.5, 0.6) is 0 Å². The van der Waals surface area contributed by atoms with Gasteiger partial charge in [0.25, 0.3) is 0 Å². The van der Waals surface area contributed by atoms with E-state index in [2.05, 4.69) is 38.9 Å². The van der Waals surface area contributed by atoms with Gasteiger partial charge < -0.3 is 10.1 Å². The second-order valence-corrected chi connectivity index (χ2v) is 5.64. The Labute approximate surface area is 112 Å². The fraction of sp³-hybridized carbons (Fsp3) is 0.800. The summed E-state index contributed by atoms with van der Waals surface area (Å²) in [6, 6.07) is 0. The molecule has 0 bridgehead atoms. The van der Waals surface area contributed by atoms with Gasteiger partial charge in [-0.25, -0.2) is 0 Å². The Balaban J connectivity index is 0.00000137. The lowest BCUT2D eigenvalue weighted by atomic mass is 9.69. The van der Waals surface area contributed by atoms with Crippen molar-refractivity contribution in [1.82, 2.24) is 5.32 Å². The lowest BCUT2D eigenvalue weighted by Crippen LogP contribution is -2.35. The van der Waals surface area contributed by atoms with Gasteiger partial charge >= 0.3 is 0 Å². The molecule has 2 atom stereocenters. The molecule has 3 heteroatoms. The summed E-state index contributed by atoms with van der Waals surface area (Å²) in [7, 11) is 0. The van der Waals surface area contributed by atoms with Crippen molar-refractivity contribution in [1.29, 1.82) is 0 Å². The van der Waals surface area contributed by atoms with Crippen molar-refractivity contribution in [3.63, 3.8) is 0 Å². The van der Waals surface area contributed by atoms with Crippen LogP contribution in [0.2, 0.25) is 0 Å². The van der Waals surface area contributed by atoms with E-state index in [4.69, 9.17) is 4.74 Å². The molecule has 1 N–H and O–H groups in total. The molecular weight excluding hydrogens is 226 g/mol. The summed E-state index contributed by atoms with van der Waals surface area (Å²) in [5.74, 6) is 0.730. The molecule has 0 aromatic carbocycles. The maximum absolute atomic E-state index is 10.7. The van der Waals surface area contributed by atoms with Crippen LogP contribution in [0.25, 0.3) is 0 Å². The SMILES string of the molecule is C#C.CC(=O)NCCO[C@H]1CCC(C)(C)C(C)C1. The standard InChI is InChI=1S/C13H25NO2.C2H2/c1-10-9-12(5-6-13(10,3)4)16-8-7-14-11(2)15;1-2/h10,12H,5-9H2,1-4H3,(H,14,15);1-2H/t10?,12-;/m0./s1. The van der Waals surface area contributed by atoms with Crippen molar-refractivity contribution < 1.29 is 9.53 Å². The molecule has 104 valence electrons. The van der Waals surface area contributed by atoms with Gasteiger partial charge in [-0.05, 0) is 30.6 Å². The number of hydrogen-bond acceptors (Lipinski definition) is 2. The third kappa shape index (κ3) is 6.07. The Kier molecular flexibility index (Phi) is 7.70. The number of terminal acetylenes is 1. The van der Waals surface area contributed by atoms with Gasteiger partial charge in [-0.15, -0.1) is 12.8 Å². The highest BCUT2D eigenvalue weighted by Gasteiger charge is 2.33. The molecule has 0 aliphatic heterocycles. The fourth-order valence-corrected chi connectivity index (χ4v) is 2.21. The van der Waals surface area contributed by atoms with Gasteiger partial charge in [0.1, 0.15) is 0 Å². The van der Waals surface area contributed by atoms with E-state index >= 15 is 0 Å². The van der Waals surface area contributed by atoms with E-state index in [0.717, 1.165) is 12.8 Å². The van der Waals surface area contributed by atoms with Crippen LogP contribution < -0.4 is 5.32 Å². The quantitative estimate of drug-likeness (QED) is 0.618. The summed E-state index contributed by atoms with van der Waals surface area (Å²) in [5, 5.41) is 2.75.